The molecular formula is C22H31N5O3. The standard InChI is InChI=1S/C22H31N5O3/c1-15-20(30-17-9-4-3-5-10-17)12-11-18(24-15)21-19(27(2)26-25-21)13-23-22(28)29-14-16-7-6-8-16/h11-12,16-17H,3-10,13-14H2,1-2H3,(H,23,28). The summed E-state index contributed by atoms with van der Waals surface area (Å²) in [6, 6.07) is 3.87. The van der Waals surface area contributed by atoms with Crippen molar-refractivity contribution in [3.63, 3.8) is 0 Å². The van der Waals surface area contributed by atoms with Gasteiger partial charge in [-0.15, -0.1) is 5.10 Å². The van der Waals surface area contributed by atoms with Crippen LogP contribution >= 0.6 is 0 Å². The molecule has 30 heavy (non-hydrogen) atoms. The summed E-state index contributed by atoms with van der Waals surface area (Å²) in [6.07, 6.45) is 9.38. The van der Waals surface area contributed by atoms with E-state index in [9.17, 15) is 4.79 Å². The second kappa shape index (κ2) is 9.45. The molecule has 0 atom stereocenters. The Hall–Kier alpha value is -2.64. The Morgan fingerprint density at radius 2 is 1.97 bits per heavy atom. The van der Waals surface area contributed by atoms with Gasteiger partial charge in [0.25, 0.3) is 0 Å². The molecule has 2 heterocycles. The van der Waals surface area contributed by atoms with Crippen molar-refractivity contribution in [1.82, 2.24) is 25.3 Å². The lowest BCUT2D eigenvalue weighted by Gasteiger charge is -2.24. The van der Waals surface area contributed by atoms with Gasteiger partial charge in [-0.1, -0.05) is 18.1 Å². The molecule has 8 nitrogen and oxygen atoms in total. The average Bonchev–Trinajstić information content (AvgIpc) is 3.08. The Morgan fingerprint density at radius 1 is 1.17 bits per heavy atom. The predicted octanol–water partition coefficient (Wildman–Crippen LogP) is 3.92. The molecule has 8 heteroatoms. The second-order valence-corrected chi connectivity index (χ2v) is 8.42. The molecule has 2 aliphatic carbocycles. The molecule has 0 unspecified atom stereocenters. The molecule has 1 N–H and O–H groups in total. The van der Waals surface area contributed by atoms with Gasteiger partial charge >= 0.3 is 6.09 Å². The topological polar surface area (TPSA) is 91.2 Å². The number of amides is 1. The van der Waals surface area contributed by atoms with Gasteiger partial charge in [0, 0.05) is 7.05 Å². The lowest BCUT2D eigenvalue weighted by atomic mass is 9.86. The van der Waals surface area contributed by atoms with Crippen LogP contribution in [-0.4, -0.2) is 38.8 Å². The lowest BCUT2D eigenvalue weighted by molar-refractivity contribution is 0.103. The summed E-state index contributed by atoms with van der Waals surface area (Å²) in [7, 11) is 1.81. The highest BCUT2D eigenvalue weighted by atomic mass is 16.5. The van der Waals surface area contributed by atoms with Gasteiger partial charge in [-0.25, -0.2) is 14.5 Å². The highest BCUT2D eigenvalue weighted by molar-refractivity contribution is 5.67. The number of aromatic nitrogens is 4. The van der Waals surface area contributed by atoms with E-state index in [2.05, 4.69) is 15.6 Å². The number of carbonyl (C=O) groups is 1. The quantitative estimate of drug-likeness (QED) is 0.740. The van der Waals surface area contributed by atoms with Crippen molar-refractivity contribution in [2.24, 2.45) is 13.0 Å². The number of nitrogens with one attached hydrogen (secondary N) is 1. The average molecular weight is 414 g/mol. The summed E-state index contributed by atoms with van der Waals surface area (Å²) in [5.74, 6) is 1.35. The molecule has 2 aliphatic rings. The number of pyridine rings is 1. The van der Waals surface area contributed by atoms with Crippen LogP contribution in [0.3, 0.4) is 0 Å². The van der Waals surface area contributed by atoms with Gasteiger partial charge in [0.1, 0.15) is 11.4 Å². The van der Waals surface area contributed by atoms with Crippen molar-refractivity contribution in [3.05, 3.63) is 23.5 Å². The molecule has 4 rings (SSSR count). The number of aryl methyl sites for hydroxylation is 2. The fourth-order valence-corrected chi connectivity index (χ4v) is 4.00. The summed E-state index contributed by atoms with van der Waals surface area (Å²) < 4.78 is 13.1. The van der Waals surface area contributed by atoms with Gasteiger partial charge in [-0.3, -0.25) is 0 Å². The summed E-state index contributed by atoms with van der Waals surface area (Å²) in [5.41, 5.74) is 2.99. The first-order chi connectivity index (χ1) is 14.6. The van der Waals surface area contributed by atoms with Crippen molar-refractivity contribution in [3.8, 4) is 17.1 Å². The Morgan fingerprint density at radius 3 is 2.67 bits per heavy atom. The molecule has 0 aromatic carbocycles. The van der Waals surface area contributed by atoms with E-state index < -0.39 is 6.09 Å². The highest BCUT2D eigenvalue weighted by Crippen LogP contribution is 2.28. The van der Waals surface area contributed by atoms with Crippen molar-refractivity contribution in [1.29, 1.82) is 0 Å². The van der Waals surface area contributed by atoms with Gasteiger partial charge in [-0.05, 0) is 63.5 Å². The first-order valence-corrected chi connectivity index (χ1v) is 11.0. The van der Waals surface area contributed by atoms with E-state index >= 15 is 0 Å². The van der Waals surface area contributed by atoms with Crippen LogP contribution in [0.15, 0.2) is 12.1 Å². The van der Waals surface area contributed by atoms with Crippen molar-refractivity contribution in [2.45, 2.75) is 70.9 Å². The number of nitrogens with zero attached hydrogens (tertiary/aromatic N) is 4. The third-order valence-electron chi connectivity index (χ3n) is 6.14. The molecule has 2 fully saturated rings. The first-order valence-electron chi connectivity index (χ1n) is 11.0. The Bertz CT molecular complexity index is 872. The highest BCUT2D eigenvalue weighted by Gasteiger charge is 2.21. The third-order valence-corrected chi connectivity index (χ3v) is 6.14. The number of carbonyl (C=O) groups excluding carboxylic acids is 1. The van der Waals surface area contributed by atoms with Crippen LogP contribution in [-0.2, 0) is 18.3 Å². The van der Waals surface area contributed by atoms with E-state index in [0.717, 1.165) is 48.5 Å². The van der Waals surface area contributed by atoms with Gasteiger partial charge in [0.15, 0.2) is 0 Å². The van der Waals surface area contributed by atoms with Crippen LogP contribution in [0.25, 0.3) is 11.4 Å². The maximum atomic E-state index is 12.0. The zero-order chi connectivity index (χ0) is 20.9. The molecule has 0 saturated heterocycles. The lowest BCUT2D eigenvalue weighted by Crippen LogP contribution is -2.28. The van der Waals surface area contributed by atoms with Crippen LogP contribution < -0.4 is 10.1 Å². The number of hydrogen-bond donors (Lipinski definition) is 1. The fraction of sp³-hybridized carbons (Fsp3) is 0.636. The van der Waals surface area contributed by atoms with Gasteiger partial charge in [0.2, 0.25) is 0 Å². The second-order valence-electron chi connectivity index (χ2n) is 8.42. The van der Waals surface area contributed by atoms with Gasteiger partial charge in [-0.2, -0.15) is 0 Å². The molecule has 0 spiro atoms. The number of alkyl carbamates (subject to hydrolysis) is 1. The van der Waals surface area contributed by atoms with Crippen LogP contribution in [0, 0.1) is 12.8 Å². The predicted molar refractivity (Wildman–Crippen MR) is 112 cm³/mol. The number of ether oxygens (including phenoxy) is 2. The Balaban J connectivity index is 1.39. The van der Waals surface area contributed by atoms with Crippen LogP contribution in [0.5, 0.6) is 5.75 Å². The van der Waals surface area contributed by atoms with E-state index in [4.69, 9.17) is 14.5 Å². The normalized spacial score (nSPS) is 17.4. The van der Waals surface area contributed by atoms with Gasteiger partial charge in [0.05, 0.1) is 36.3 Å². The van der Waals surface area contributed by atoms with Crippen molar-refractivity contribution < 1.29 is 14.3 Å². The summed E-state index contributed by atoms with van der Waals surface area (Å²) in [5, 5.41) is 11.2. The SMILES string of the molecule is Cc1nc(-c2nnn(C)c2CNC(=O)OCC2CCC2)ccc1OC1CCCCC1. The molecule has 0 radical (unpaired) electrons. The Kier molecular flexibility index (Phi) is 6.50. The van der Waals surface area contributed by atoms with E-state index in [1.165, 1.54) is 25.7 Å². The van der Waals surface area contributed by atoms with Crippen molar-refractivity contribution >= 4 is 6.09 Å². The smallest absolute Gasteiger partial charge is 0.407 e. The fourth-order valence-electron chi connectivity index (χ4n) is 4.00. The first kappa shape index (κ1) is 20.6. The molecule has 1 amide bonds. The maximum absolute atomic E-state index is 12.0. The van der Waals surface area contributed by atoms with E-state index in [0.29, 0.717) is 18.2 Å². The zero-order valence-electron chi connectivity index (χ0n) is 17.9. The molecular weight excluding hydrogens is 382 g/mol. The van der Waals surface area contributed by atoms with E-state index in [-0.39, 0.29) is 12.6 Å². The number of rotatable bonds is 7. The van der Waals surface area contributed by atoms with E-state index in [1.54, 1.807) is 11.7 Å². The van der Waals surface area contributed by atoms with Crippen molar-refractivity contribution in [2.75, 3.05) is 6.61 Å². The largest absolute Gasteiger partial charge is 0.489 e. The molecule has 162 valence electrons. The third kappa shape index (κ3) is 4.91. The van der Waals surface area contributed by atoms with Crippen LogP contribution in [0.4, 0.5) is 4.79 Å². The van der Waals surface area contributed by atoms with Crippen LogP contribution in [0.2, 0.25) is 0 Å². The molecule has 2 saturated carbocycles. The minimum Gasteiger partial charge on any atom is -0.489 e. The van der Waals surface area contributed by atoms with Crippen LogP contribution in [0.1, 0.15) is 62.8 Å². The molecule has 2 aromatic rings. The minimum atomic E-state index is -0.408. The monoisotopic (exact) mass is 413 g/mol. The summed E-state index contributed by atoms with van der Waals surface area (Å²) >= 11 is 0. The Labute approximate surface area is 177 Å². The summed E-state index contributed by atoms with van der Waals surface area (Å²) in [4.78, 5) is 16.7. The van der Waals surface area contributed by atoms with E-state index in [1.807, 2.05) is 19.1 Å². The molecule has 2 aromatic heterocycles. The molecule has 0 bridgehead atoms. The minimum absolute atomic E-state index is 0.281. The number of hydrogen-bond acceptors (Lipinski definition) is 6. The maximum Gasteiger partial charge on any atom is 0.407 e. The zero-order valence-corrected chi connectivity index (χ0v) is 17.9. The summed E-state index contributed by atoms with van der Waals surface area (Å²) in [6.45, 7) is 2.72. The van der Waals surface area contributed by atoms with Gasteiger partial charge < -0.3 is 14.8 Å². The molecule has 0 aliphatic heterocycles.